The summed E-state index contributed by atoms with van der Waals surface area (Å²) in [7, 11) is 0. The fourth-order valence-electron chi connectivity index (χ4n) is 1.05. The first-order valence-corrected chi connectivity index (χ1v) is 4.69. The van der Waals surface area contributed by atoms with Crippen LogP contribution in [0.2, 0.25) is 0 Å². The highest BCUT2D eigenvalue weighted by molar-refractivity contribution is 5.28. The van der Waals surface area contributed by atoms with E-state index >= 15 is 0 Å². The van der Waals surface area contributed by atoms with Crippen LogP contribution in [0.1, 0.15) is 5.56 Å². The fourth-order valence-corrected chi connectivity index (χ4v) is 1.05. The minimum Gasteiger partial charge on any atom is -0.490 e. The molecule has 88 valence electrons. The number of nitrogens with two attached hydrogens (primary N) is 1. The predicted octanol–water partition coefficient (Wildman–Crippen LogP) is 2.60. The summed E-state index contributed by atoms with van der Waals surface area (Å²) in [5.41, 5.74) is 4.53. The highest BCUT2D eigenvalue weighted by Gasteiger charge is 2.29. The van der Waals surface area contributed by atoms with Crippen LogP contribution in [0.4, 0.5) is 13.2 Å². The van der Waals surface area contributed by atoms with Gasteiger partial charge in [-0.3, -0.25) is 0 Å². The first-order chi connectivity index (χ1) is 7.54. The van der Waals surface area contributed by atoms with E-state index in [0.717, 1.165) is 12.1 Å². The molecule has 0 spiro atoms. The van der Waals surface area contributed by atoms with Gasteiger partial charge >= 0.3 is 6.18 Å². The molecule has 1 rings (SSSR count). The molecular weight excluding hydrogens is 219 g/mol. The molecule has 2 N–H and O–H groups in total. The quantitative estimate of drug-likeness (QED) is 0.808. The molecule has 0 aliphatic heterocycles. The molecular formula is C11H12F3NO. The lowest BCUT2D eigenvalue weighted by Crippen LogP contribution is -2.04. The lowest BCUT2D eigenvalue weighted by atomic mass is 10.2. The number of rotatable bonds is 4. The van der Waals surface area contributed by atoms with Crippen molar-refractivity contribution in [1.29, 1.82) is 0 Å². The maximum atomic E-state index is 12.2. The molecule has 0 saturated heterocycles. The first kappa shape index (κ1) is 12.6. The van der Waals surface area contributed by atoms with E-state index in [1.165, 1.54) is 12.1 Å². The van der Waals surface area contributed by atoms with Gasteiger partial charge in [-0.05, 0) is 24.3 Å². The van der Waals surface area contributed by atoms with Crippen molar-refractivity contribution in [3.63, 3.8) is 0 Å². The Bertz CT molecular complexity index is 343. The van der Waals surface area contributed by atoms with Gasteiger partial charge in [0.05, 0.1) is 5.56 Å². The molecule has 0 aliphatic carbocycles. The van der Waals surface area contributed by atoms with E-state index in [2.05, 4.69) is 0 Å². The van der Waals surface area contributed by atoms with Gasteiger partial charge in [0.1, 0.15) is 12.4 Å². The summed E-state index contributed by atoms with van der Waals surface area (Å²) in [6.45, 7) is 0.707. The molecule has 0 saturated carbocycles. The van der Waals surface area contributed by atoms with Crippen molar-refractivity contribution in [3.8, 4) is 5.75 Å². The molecule has 1 aromatic rings. The average molecular weight is 231 g/mol. The minimum atomic E-state index is -4.31. The van der Waals surface area contributed by atoms with Gasteiger partial charge in [0, 0.05) is 6.54 Å². The van der Waals surface area contributed by atoms with E-state index in [-0.39, 0.29) is 0 Å². The summed E-state index contributed by atoms with van der Waals surface area (Å²) in [6.07, 6.45) is -0.889. The number of benzene rings is 1. The number of hydrogen-bond donors (Lipinski definition) is 1. The topological polar surface area (TPSA) is 35.2 Å². The van der Waals surface area contributed by atoms with Crippen molar-refractivity contribution in [1.82, 2.24) is 0 Å². The Morgan fingerprint density at radius 1 is 1.12 bits per heavy atom. The Morgan fingerprint density at radius 2 is 1.75 bits per heavy atom. The van der Waals surface area contributed by atoms with E-state index in [0.29, 0.717) is 18.9 Å². The van der Waals surface area contributed by atoms with Crippen molar-refractivity contribution >= 4 is 0 Å². The Hall–Kier alpha value is -1.49. The molecule has 0 amide bonds. The SMILES string of the molecule is NCC=CCOc1ccc(C(F)(F)F)cc1. The van der Waals surface area contributed by atoms with Crippen LogP contribution in [0.25, 0.3) is 0 Å². The van der Waals surface area contributed by atoms with E-state index in [1.807, 2.05) is 0 Å². The maximum absolute atomic E-state index is 12.2. The number of ether oxygens (including phenoxy) is 1. The van der Waals surface area contributed by atoms with Gasteiger partial charge in [-0.15, -0.1) is 0 Å². The number of hydrogen-bond acceptors (Lipinski definition) is 2. The van der Waals surface area contributed by atoms with Crippen LogP contribution >= 0.6 is 0 Å². The van der Waals surface area contributed by atoms with Crippen LogP contribution in [-0.4, -0.2) is 13.2 Å². The van der Waals surface area contributed by atoms with Crippen molar-refractivity contribution in [2.75, 3.05) is 13.2 Å². The monoisotopic (exact) mass is 231 g/mol. The van der Waals surface area contributed by atoms with E-state index in [4.69, 9.17) is 10.5 Å². The Labute approximate surface area is 91.5 Å². The van der Waals surface area contributed by atoms with Gasteiger partial charge < -0.3 is 10.5 Å². The van der Waals surface area contributed by atoms with Crippen molar-refractivity contribution in [2.45, 2.75) is 6.18 Å². The molecule has 0 radical (unpaired) electrons. The summed E-state index contributed by atoms with van der Waals surface area (Å²) < 4.78 is 41.8. The van der Waals surface area contributed by atoms with Gasteiger partial charge in [-0.25, -0.2) is 0 Å². The second-order valence-corrected chi connectivity index (χ2v) is 3.04. The first-order valence-electron chi connectivity index (χ1n) is 4.69. The predicted molar refractivity (Wildman–Crippen MR) is 55.1 cm³/mol. The third-order valence-electron chi connectivity index (χ3n) is 1.83. The maximum Gasteiger partial charge on any atom is 0.416 e. The van der Waals surface area contributed by atoms with Crippen molar-refractivity contribution in [2.24, 2.45) is 5.73 Å². The highest BCUT2D eigenvalue weighted by atomic mass is 19.4. The Balaban J connectivity index is 2.55. The largest absolute Gasteiger partial charge is 0.490 e. The second-order valence-electron chi connectivity index (χ2n) is 3.04. The lowest BCUT2D eigenvalue weighted by Gasteiger charge is -2.07. The minimum absolute atomic E-state index is 0.294. The van der Waals surface area contributed by atoms with E-state index in [9.17, 15) is 13.2 Å². The molecule has 0 heterocycles. The smallest absolute Gasteiger partial charge is 0.416 e. The Kier molecular flexibility index (Phi) is 4.37. The lowest BCUT2D eigenvalue weighted by molar-refractivity contribution is -0.137. The molecule has 5 heteroatoms. The number of halogens is 3. The van der Waals surface area contributed by atoms with Crippen molar-refractivity contribution < 1.29 is 17.9 Å². The highest BCUT2D eigenvalue weighted by Crippen LogP contribution is 2.30. The van der Waals surface area contributed by atoms with Gasteiger partial charge in [0.15, 0.2) is 0 Å². The molecule has 16 heavy (non-hydrogen) atoms. The zero-order chi connectivity index (χ0) is 12.0. The van der Waals surface area contributed by atoms with Crippen LogP contribution in [0.15, 0.2) is 36.4 Å². The van der Waals surface area contributed by atoms with Crippen molar-refractivity contribution in [3.05, 3.63) is 42.0 Å². The molecule has 0 atom stereocenters. The molecule has 0 aromatic heterocycles. The zero-order valence-electron chi connectivity index (χ0n) is 8.50. The van der Waals surface area contributed by atoms with Gasteiger partial charge in [0.2, 0.25) is 0 Å². The van der Waals surface area contributed by atoms with Gasteiger partial charge in [-0.1, -0.05) is 12.2 Å². The molecule has 0 bridgehead atoms. The summed E-state index contributed by atoms with van der Waals surface area (Å²) in [5, 5.41) is 0. The van der Waals surface area contributed by atoms with Crippen LogP contribution in [-0.2, 0) is 6.18 Å². The third kappa shape index (κ3) is 3.94. The summed E-state index contributed by atoms with van der Waals surface area (Å²) in [6, 6.07) is 4.56. The summed E-state index contributed by atoms with van der Waals surface area (Å²) in [5.74, 6) is 0.398. The summed E-state index contributed by atoms with van der Waals surface area (Å²) >= 11 is 0. The normalized spacial score (nSPS) is 12.0. The number of alkyl halides is 3. The molecule has 1 aromatic carbocycles. The van der Waals surface area contributed by atoms with Crippen LogP contribution in [0.5, 0.6) is 5.75 Å². The fraction of sp³-hybridized carbons (Fsp3) is 0.273. The van der Waals surface area contributed by atoms with Gasteiger partial charge in [-0.2, -0.15) is 13.2 Å². The van der Waals surface area contributed by atoms with E-state index < -0.39 is 11.7 Å². The summed E-state index contributed by atoms with van der Waals surface area (Å²) in [4.78, 5) is 0. The van der Waals surface area contributed by atoms with Gasteiger partial charge in [0.25, 0.3) is 0 Å². The Morgan fingerprint density at radius 3 is 2.25 bits per heavy atom. The standard InChI is InChI=1S/C11H12F3NO/c12-11(13,14)9-3-5-10(6-4-9)16-8-2-1-7-15/h1-6H,7-8,15H2. The second kappa shape index (κ2) is 5.55. The zero-order valence-corrected chi connectivity index (χ0v) is 8.50. The molecule has 2 nitrogen and oxygen atoms in total. The van der Waals surface area contributed by atoms with Crippen LogP contribution < -0.4 is 10.5 Å². The average Bonchev–Trinajstić information content (AvgIpc) is 2.24. The van der Waals surface area contributed by atoms with E-state index in [1.54, 1.807) is 12.2 Å². The molecule has 0 fully saturated rings. The van der Waals surface area contributed by atoms with Crippen LogP contribution in [0, 0.1) is 0 Å². The third-order valence-corrected chi connectivity index (χ3v) is 1.83. The molecule has 0 unspecified atom stereocenters. The van der Waals surface area contributed by atoms with Crippen LogP contribution in [0.3, 0.4) is 0 Å². The molecule has 0 aliphatic rings.